The van der Waals surface area contributed by atoms with Gasteiger partial charge >= 0.3 is 0 Å². The van der Waals surface area contributed by atoms with E-state index in [0.717, 1.165) is 4.68 Å². The maximum Gasteiger partial charge on any atom is 0.297 e. The van der Waals surface area contributed by atoms with E-state index in [1.807, 2.05) is 12.1 Å². The fourth-order valence-corrected chi connectivity index (χ4v) is 3.47. The molecule has 0 atom stereocenters. The summed E-state index contributed by atoms with van der Waals surface area (Å²) in [6, 6.07) is 12.2. The number of rotatable bonds is 7. The molecule has 2 aromatic carbocycles. The monoisotopic (exact) mass is 450 g/mol. The van der Waals surface area contributed by atoms with Crippen molar-refractivity contribution in [3.05, 3.63) is 58.6 Å². The lowest BCUT2D eigenvalue weighted by atomic mass is 10.1. The molecule has 2 aromatic heterocycles. The Bertz CT molecular complexity index is 1390. The first-order valence-corrected chi connectivity index (χ1v) is 9.98. The summed E-state index contributed by atoms with van der Waals surface area (Å²) in [4.78, 5) is 25.7. The van der Waals surface area contributed by atoms with E-state index in [1.165, 1.54) is 14.2 Å². The topological polar surface area (TPSA) is 118 Å². The van der Waals surface area contributed by atoms with Crippen LogP contribution in [0, 0.1) is 6.92 Å². The SMILES string of the molecule is COc1cccc(-c2nn(CC(=O)Nc3ccc(OC)c(OC)c3)c(=O)c3noc(C)c23)c1. The van der Waals surface area contributed by atoms with Crippen LogP contribution in [-0.4, -0.2) is 42.2 Å². The second-order valence-electron chi connectivity index (χ2n) is 7.12. The molecule has 0 unspecified atom stereocenters. The molecule has 10 heteroatoms. The standard InChI is InChI=1S/C23H22N4O6/c1-13-20-21(14-6-5-7-16(10-14)30-2)25-27(23(29)22(20)26-33-13)12-19(28)24-15-8-9-17(31-3)18(11-15)32-4/h5-11H,12H2,1-4H3,(H,24,28). The number of ether oxygens (including phenoxy) is 3. The number of aromatic nitrogens is 3. The van der Waals surface area contributed by atoms with E-state index < -0.39 is 11.5 Å². The maximum absolute atomic E-state index is 13.0. The zero-order valence-corrected chi connectivity index (χ0v) is 18.5. The fraction of sp³-hybridized carbons (Fsp3) is 0.217. The Hall–Kier alpha value is -4.34. The van der Waals surface area contributed by atoms with Crippen LogP contribution in [0.5, 0.6) is 17.2 Å². The smallest absolute Gasteiger partial charge is 0.297 e. The zero-order valence-electron chi connectivity index (χ0n) is 18.5. The minimum absolute atomic E-state index is 0.0965. The van der Waals surface area contributed by atoms with Crippen LogP contribution in [0.25, 0.3) is 22.2 Å². The van der Waals surface area contributed by atoms with Crippen LogP contribution in [0.3, 0.4) is 0 Å². The van der Waals surface area contributed by atoms with Gasteiger partial charge in [0, 0.05) is 17.3 Å². The zero-order chi connectivity index (χ0) is 23.5. The van der Waals surface area contributed by atoms with Gasteiger partial charge in [-0.05, 0) is 31.2 Å². The quantitative estimate of drug-likeness (QED) is 0.457. The molecule has 0 fully saturated rings. The molecular weight excluding hydrogens is 428 g/mol. The molecule has 170 valence electrons. The summed E-state index contributed by atoms with van der Waals surface area (Å²) in [7, 11) is 4.59. The van der Waals surface area contributed by atoms with Gasteiger partial charge in [-0.2, -0.15) is 5.10 Å². The third-order valence-corrected chi connectivity index (χ3v) is 5.06. The van der Waals surface area contributed by atoms with Gasteiger partial charge in [-0.3, -0.25) is 9.59 Å². The average Bonchev–Trinajstić information content (AvgIpc) is 3.22. The Morgan fingerprint density at radius 3 is 2.58 bits per heavy atom. The average molecular weight is 450 g/mol. The number of fused-ring (bicyclic) bond motifs is 1. The van der Waals surface area contributed by atoms with Crippen LogP contribution in [0.4, 0.5) is 5.69 Å². The van der Waals surface area contributed by atoms with Crippen LogP contribution >= 0.6 is 0 Å². The van der Waals surface area contributed by atoms with Gasteiger partial charge < -0.3 is 24.1 Å². The second-order valence-corrected chi connectivity index (χ2v) is 7.12. The number of methoxy groups -OCH3 is 3. The molecule has 1 amide bonds. The number of nitrogens with one attached hydrogen (secondary N) is 1. The van der Waals surface area contributed by atoms with E-state index in [1.54, 1.807) is 44.4 Å². The Morgan fingerprint density at radius 1 is 1.06 bits per heavy atom. The molecule has 4 rings (SSSR count). The lowest BCUT2D eigenvalue weighted by Crippen LogP contribution is -2.30. The molecule has 0 saturated carbocycles. The van der Waals surface area contributed by atoms with Gasteiger partial charge in [-0.15, -0.1) is 0 Å². The van der Waals surface area contributed by atoms with Gasteiger partial charge in [0.2, 0.25) is 5.91 Å². The predicted molar refractivity (Wildman–Crippen MR) is 121 cm³/mol. The summed E-state index contributed by atoms with van der Waals surface area (Å²) >= 11 is 0. The molecule has 0 bridgehead atoms. The molecular formula is C23H22N4O6. The van der Waals surface area contributed by atoms with E-state index in [9.17, 15) is 9.59 Å². The van der Waals surface area contributed by atoms with Gasteiger partial charge in [-0.25, -0.2) is 4.68 Å². The third-order valence-electron chi connectivity index (χ3n) is 5.06. The van der Waals surface area contributed by atoms with E-state index in [4.69, 9.17) is 18.7 Å². The van der Waals surface area contributed by atoms with Crippen molar-refractivity contribution in [2.24, 2.45) is 0 Å². The van der Waals surface area contributed by atoms with Crippen molar-refractivity contribution in [3.8, 4) is 28.5 Å². The van der Waals surface area contributed by atoms with Crippen LogP contribution in [0.15, 0.2) is 51.8 Å². The minimum atomic E-state index is -0.532. The van der Waals surface area contributed by atoms with Crippen molar-refractivity contribution in [2.75, 3.05) is 26.6 Å². The van der Waals surface area contributed by atoms with Gasteiger partial charge in [0.15, 0.2) is 17.0 Å². The van der Waals surface area contributed by atoms with E-state index in [2.05, 4.69) is 15.6 Å². The number of hydrogen-bond acceptors (Lipinski definition) is 8. The van der Waals surface area contributed by atoms with Crippen molar-refractivity contribution in [1.29, 1.82) is 0 Å². The highest BCUT2D eigenvalue weighted by Gasteiger charge is 2.20. The second kappa shape index (κ2) is 9.03. The van der Waals surface area contributed by atoms with Crippen molar-refractivity contribution >= 4 is 22.5 Å². The van der Waals surface area contributed by atoms with E-state index >= 15 is 0 Å². The van der Waals surface area contributed by atoms with Crippen LogP contribution in [0.1, 0.15) is 5.76 Å². The van der Waals surface area contributed by atoms with Crippen molar-refractivity contribution in [1.82, 2.24) is 14.9 Å². The Balaban J connectivity index is 1.70. The summed E-state index contributed by atoms with van der Waals surface area (Å²) in [5.74, 6) is 1.62. The van der Waals surface area contributed by atoms with Gasteiger partial charge in [-0.1, -0.05) is 17.3 Å². The predicted octanol–water partition coefficient (Wildman–Crippen LogP) is 3.02. The summed E-state index contributed by atoms with van der Waals surface area (Å²) in [6.07, 6.45) is 0. The number of hydrogen-bond donors (Lipinski definition) is 1. The van der Waals surface area contributed by atoms with Crippen LogP contribution in [0.2, 0.25) is 0 Å². The number of nitrogens with zero attached hydrogens (tertiary/aromatic N) is 3. The molecule has 0 aliphatic heterocycles. The first-order valence-electron chi connectivity index (χ1n) is 9.98. The lowest BCUT2D eigenvalue weighted by Gasteiger charge is -2.12. The number of carbonyl (C=O) groups excluding carboxylic acids is 1. The Labute approximate surface area is 188 Å². The van der Waals surface area contributed by atoms with Gasteiger partial charge in [0.05, 0.1) is 26.7 Å². The molecule has 2 heterocycles. The third kappa shape index (κ3) is 4.22. The summed E-state index contributed by atoms with van der Waals surface area (Å²) < 4.78 is 22.1. The lowest BCUT2D eigenvalue weighted by molar-refractivity contribution is -0.117. The normalized spacial score (nSPS) is 10.8. The molecule has 4 aromatic rings. The molecule has 33 heavy (non-hydrogen) atoms. The molecule has 0 radical (unpaired) electrons. The number of benzene rings is 2. The highest BCUT2D eigenvalue weighted by molar-refractivity contribution is 5.94. The van der Waals surface area contributed by atoms with Crippen molar-refractivity contribution in [2.45, 2.75) is 13.5 Å². The molecule has 10 nitrogen and oxygen atoms in total. The number of amides is 1. The number of anilines is 1. The molecule has 1 N–H and O–H groups in total. The largest absolute Gasteiger partial charge is 0.497 e. The number of carbonyl (C=O) groups is 1. The summed E-state index contributed by atoms with van der Waals surface area (Å²) in [5, 5.41) is 11.6. The Kier molecular flexibility index (Phi) is 5.99. The highest BCUT2D eigenvalue weighted by atomic mass is 16.5. The van der Waals surface area contributed by atoms with E-state index in [-0.39, 0.29) is 12.1 Å². The first kappa shape index (κ1) is 21.9. The van der Waals surface area contributed by atoms with Gasteiger partial charge in [0.1, 0.15) is 23.7 Å². The summed E-state index contributed by atoms with van der Waals surface area (Å²) in [5.41, 5.74) is 1.20. The Morgan fingerprint density at radius 2 is 1.85 bits per heavy atom. The highest BCUT2D eigenvalue weighted by Crippen LogP contribution is 2.30. The van der Waals surface area contributed by atoms with Gasteiger partial charge in [0.25, 0.3) is 5.56 Å². The van der Waals surface area contributed by atoms with Crippen molar-refractivity contribution < 1.29 is 23.5 Å². The number of aryl methyl sites for hydroxylation is 1. The van der Waals surface area contributed by atoms with Crippen molar-refractivity contribution in [3.63, 3.8) is 0 Å². The molecule has 0 aliphatic carbocycles. The minimum Gasteiger partial charge on any atom is -0.497 e. The fourth-order valence-electron chi connectivity index (χ4n) is 3.47. The summed E-state index contributed by atoms with van der Waals surface area (Å²) in [6.45, 7) is 1.38. The van der Waals surface area contributed by atoms with Crippen LogP contribution < -0.4 is 25.1 Å². The molecule has 0 saturated heterocycles. The molecule has 0 spiro atoms. The molecule has 0 aliphatic rings. The van der Waals surface area contributed by atoms with Crippen LogP contribution in [-0.2, 0) is 11.3 Å². The maximum atomic E-state index is 13.0. The van der Waals surface area contributed by atoms with E-state index in [0.29, 0.717) is 45.3 Å². The first-order chi connectivity index (χ1) is 15.9.